The monoisotopic (exact) mass is 390 g/mol. The minimum absolute atomic E-state index is 0.0734. The number of ether oxygens (including phenoxy) is 3. The SMILES string of the molecule is OC1C(CS)OC(OC2(CS)O[C@H](CS)[C@@H](O)[C@@H]2O)C(O)C1O. The topological polar surface area (TPSA) is 129 Å². The molecule has 0 bridgehead atoms. The normalized spacial score (nSPS) is 51.1. The molecule has 6 unspecified atom stereocenters. The van der Waals surface area contributed by atoms with Gasteiger partial charge in [-0.05, 0) is 0 Å². The van der Waals surface area contributed by atoms with E-state index in [0.29, 0.717) is 0 Å². The van der Waals surface area contributed by atoms with Crippen LogP contribution < -0.4 is 0 Å². The number of hydrogen-bond acceptors (Lipinski definition) is 11. The molecule has 2 rings (SSSR count). The average Bonchev–Trinajstić information content (AvgIpc) is 2.80. The maximum Gasteiger partial charge on any atom is 0.209 e. The van der Waals surface area contributed by atoms with Crippen LogP contribution in [0.1, 0.15) is 0 Å². The highest BCUT2D eigenvalue weighted by Crippen LogP contribution is 2.37. The zero-order valence-corrected chi connectivity index (χ0v) is 14.7. The Morgan fingerprint density at radius 2 is 1.43 bits per heavy atom. The molecule has 0 spiro atoms. The van der Waals surface area contributed by atoms with Gasteiger partial charge in [0.25, 0.3) is 0 Å². The molecule has 0 aromatic heterocycles. The van der Waals surface area contributed by atoms with Gasteiger partial charge in [0.1, 0.15) is 30.5 Å². The van der Waals surface area contributed by atoms with Crippen LogP contribution in [0.5, 0.6) is 0 Å². The lowest BCUT2D eigenvalue weighted by Crippen LogP contribution is -2.62. The zero-order chi connectivity index (χ0) is 17.4. The average molecular weight is 391 g/mol. The molecule has 0 aromatic carbocycles. The van der Waals surface area contributed by atoms with Crippen molar-refractivity contribution in [3.8, 4) is 0 Å². The maximum absolute atomic E-state index is 10.2. The van der Waals surface area contributed by atoms with Gasteiger partial charge in [0.05, 0.1) is 12.2 Å². The molecule has 0 amide bonds. The summed E-state index contributed by atoms with van der Waals surface area (Å²) in [6.45, 7) is 0. The van der Waals surface area contributed by atoms with Crippen molar-refractivity contribution in [3.63, 3.8) is 0 Å². The number of hydrogen-bond donors (Lipinski definition) is 8. The predicted molar refractivity (Wildman–Crippen MR) is 88.9 cm³/mol. The van der Waals surface area contributed by atoms with Crippen molar-refractivity contribution in [3.05, 3.63) is 0 Å². The fourth-order valence-electron chi connectivity index (χ4n) is 2.63. The van der Waals surface area contributed by atoms with Gasteiger partial charge < -0.3 is 39.7 Å². The quantitative estimate of drug-likeness (QED) is 0.240. The minimum atomic E-state index is -1.75. The van der Waals surface area contributed by atoms with Gasteiger partial charge in [0, 0.05) is 17.3 Å². The first-order chi connectivity index (χ1) is 10.8. The van der Waals surface area contributed by atoms with Crippen molar-refractivity contribution >= 4 is 37.9 Å². The van der Waals surface area contributed by atoms with Crippen molar-refractivity contribution in [1.29, 1.82) is 0 Å². The van der Waals surface area contributed by atoms with Crippen LogP contribution in [0.3, 0.4) is 0 Å². The Kier molecular flexibility index (Phi) is 6.93. The van der Waals surface area contributed by atoms with E-state index in [4.69, 9.17) is 14.2 Å². The Labute approximate surface area is 150 Å². The highest BCUT2D eigenvalue weighted by molar-refractivity contribution is 7.80. The Morgan fingerprint density at radius 1 is 0.826 bits per heavy atom. The second kappa shape index (κ2) is 7.96. The molecule has 0 saturated carbocycles. The minimum Gasteiger partial charge on any atom is -0.388 e. The van der Waals surface area contributed by atoms with E-state index in [9.17, 15) is 25.5 Å². The summed E-state index contributed by atoms with van der Waals surface area (Å²) in [6, 6.07) is 0. The van der Waals surface area contributed by atoms with E-state index in [1.807, 2.05) is 0 Å². The molecule has 0 radical (unpaired) electrons. The molecule has 8 nitrogen and oxygen atoms in total. The highest BCUT2D eigenvalue weighted by atomic mass is 32.1. The summed E-state index contributed by atoms with van der Waals surface area (Å²) < 4.78 is 16.5. The Hall–Kier alpha value is 0.730. The van der Waals surface area contributed by atoms with E-state index >= 15 is 0 Å². The van der Waals surface area contributed by atoms with E-state index in [1.54, 1.807) is 0 Å². The van der Waals surface area contributed by atoms with E-state index in [1.165, 1.54) is 0 Å². The Balaban J connectivity index is 2.18. The van der Waals surface area contributed by atoms with E-state index in [0.717, 1.165) is 0 Å². The molecule has 0 aromatic rings. The highest BCUT2D eigenvalue weighted by Gasteiger charge is 2.57. The summed E-state index contributed by atoms with van der Waals surface area (Å²) in [6.07, 6.45) is -10.2. The molecule has 0 aliphatic carbocycles. The lowest BCUT2D eigenvalue weighted by atomic mass is 9.99. The van der Waals surface area contributed by atoms with Crippen LogP contribution >= 0.6 is 37.9 Å². The Morgan fingerprint density at radius 3 is 1.91 bits per heavy atom. The third kappa shape index (κ3) is 3.65. The van der Waals surface area contributed by atoms with Gasteiger partial charge in [0.2, 0.25) is 5.79 Å². The molecule has 2 saturated heterocycles. The molecule has 136 valence electrons. The predicted octanol–water partition coefficient (Wildman–Crippen LogP) is -2.58. The molecular formula is C12H22O8S3. The summed E-state index contributed by atoms with van der Waals surface area (Å²) in [5, 5.41) is 49.9. The number of rotatable bonds is 5. The molecule has 9 atom stereocenters. The molecular weight excluding hydrogens is 368 g/mol. The third-order valence-corrected chi connectivity index (χ3v) is 5.23. The molecule has 2 aliphatic rings. The van der Waals surface area contributed by atoms with Crippen LogP contribution in [0.25, 0.3) is 0 Å². The van der Waals surface area contributed by atoms with Crippen LogP contribution in [-0.4, -0.2) is 97.6 Å². The van der Waals surface area contributed by atoms with E-state index < -0.39 is 54.8 Å². The van der Waals surface area contributed by atoms with Crippen LogP contribution in [-0.2, 0) is 14.2 Å². The van der Waals surface area contributed by atoms with Crippen molar-refractivity contribution in [2.45, 2.75) is 54.8 Å². The van der Waals surface area contributed by atoms with Crippen molar-refractivity contribution < 1.29 is 39.7 Å². The fourth-order valence-corrected chi connectivity index (χ4v) is 3.56. The molecule has 2 heterocycles. The van der Waals surface area contributed by atoms with Gasteiger partial charge in [-0.2, -0.15) is 37.9 Å². The molecule has 5 N–H and O–H groups in total. The fraction of sp³-hybridized carbons (Fsp3) is 1.00. The number of aliphatic hydroxyl groups is 5. The lowest BCUT2D eigenvalue weighted by Gasteiger charge is -2.43. The van der Waals surface area contributed by atoms with Gasteiger partial charge in [0.15, 0.2) is 6.29 Å². The van der Waals surface area contributed by atoms with Gasteiger partial charge in [-0.15, -0.1) is 0 Å². The zero-order valence-electron chi connectivity index (χ0n) is 12.0. The summed E-state index contributed by atoms with van der Waals surface area (Å²) >= 11 is 12.1. The van der Waals surface area contributed by atoms with Crippen LogP contribution in [0.4, 0.5) is 0 Å². The smallest absolute Gasteiger partial charge is 0.209 e. The van der Waals surface area contributed by atoms with Crippen LogP contribution in [0, 0.1) is 0 Å². The number of aliphatic hydroxyl groups excluding tert-OH is 5. The molecule has 11 heteroatoms. The number of thiol groups is 3. The van der Waals surface area contributed by atoms with E-state index in [-0.39, 0.29) is 17.3 Å². The van der Waals surface area contributed by atoms with E-state index in [2.05, 4.69) is 37.9 Å². The molecule has 2 aliphatic heterocycles. The summed E-state index contributed by atoms with van der Waals surface area (Å²) in [5.74, 6) is -1.69. The molecule has 23 heavy (non-hydrogen) atoms. The first-order valence-electron chi connectivity index (χ1n) is 7.05. The second-order valence-electron chi connectivity index (χ2n) is 5.56. The summed E-state index contributed by atoms with van der Waals surface area (Å²) in [5.41, 5.74) is 0. The lowest BCUT2D eigenvalue weighted by molar-refractivity contribution is -0.366. The largest absolute Gasteiger partial charge is 0.388 e. The summed E-state index contributed by atoms with van der Waals surface area (Å²) in [7, 11) is 0. The third-order valence-electron chi connectivity index (χ3n) is 4.07. The first-order valence-corrected chi connectivity index (χ1v) is 8.95. The summed E-state index contributed by atoms with van der Waals surface area (Å²) in [4.78, 5) is 0. The molecule has 2 fully saturated rings. The van der Waals surface area contributed by atoms with Crippen molar-refractivity contribution in [2.24, 2.45) is 0 Å². The van der Waals surface area contributed by atoms with Crippen molar-refractivity contribution in [2.75, 3.05) is 17.3 Å². The van der Waals surface area contributed by atoms with Gasteiger partial charge in [-0.3, -0.25) is 0 Å². The van der Waals surface area contributed by atoms with Gasteiger partial charge >= 0.3 is 0 Å². The van der Waals surface area contributed by atoms with Gasteiger partial charge in [-0.25, -0.2) is 0 Å². The second-order valence-corrected chi connectivity index (χ2v) is 6.61. The van der Waals surface area contributed by atoms with Crippen molar-refractivity contribution in [1.82, 2.24) is 0 Å². The standard InChI is InChI=1S/C12H22O8S3/c13-6-4(1-21)18-11(9(16)8(6)15)20-12(3-23)10(17)7(14)5(2-22)19-12/h4-11,13-17,21-23H,1-3H2/t4?,5-,6?,7-,8?,9?,10+,11?,12?/m1/s1. The van der Waals surface area contributed by atoms with Crippen LogP contribution in [0.15, 0.2) is 0 Å². The first kappa shape index (κ1) is 20.0. The van der Waals surface area contributed by atoms with Gasteiger partial charge in [-0.1, -0.05) is 0 Å². The Bertz CT molecular complexity index is 403. The maximum atomic E-state index is 10.2. The van der Waals surface area contributed by atoms with Crippen LogP contribution in [0.2, 0.25) is 0 Å².